The third-order valence-corrected chi connectivity index (χ3v) is 6.90. The average Bonchev–Trinajstić information content (AvgIpc) is 2.69. The Bertz CT molecular complexity index is 745. The SMILES string of the molecule is Cc1ccc(C)c(C(=O)N2CCN(CC(=O)N3CCN(C4CCC4)CC3)CC2)c1. The van der Waals surface area contributed by atoms with Crippen LogP contribution in [-0.4, -0.2) is 96.4 Å². The molecular formula is C23H34N4O2. The van der Waals surface area contributed by atoms with Crippen LogP contribution in [-0.2, 0) is 4.79 Å². The number of benzene rings is 1. The van der Waals surface area contributed by atoms with Crippen molar-refractivity contribution in [2.24, 2.45) is 0 Å². The maximum absolute atomic E-state index is 12.9. The molecule has 0 N–H and O–H groups in total. The van der Waals surface area contributed by atoms with Crippen LogP contribution in [0, 0.1) is 13.8 Å². The predicted molar refractivity (Wildman–Crippen MR) is 114 cm³/mol. The van der Waals surface area contributed by atoms with Crippen LogP contribution in [0.5, 0.6) is 0 Å². The van der Waals surface area contributed by atoms with E-state index >= 15 is 0 Å². The number of hydrogen-bond donors (Lipinski definition) is 0. The number of amides is 2. The van der Waals surface area contributed by atoms with E-state index in [0.29, 0.717) is 19.6 Å². The minimum absolute atomic E-state index is 0.115. The second-order valence-corrected chi connectivity index (χ2v) is 8.89. The van der Waals surface area contributed by atoms with Crippen molar-refractivity contribution in [1.29, 1.82) is 0 Å². The number of carbonyl (C=O) groups excluding carboxylic acids is 2. The van der Waals surface area contributed by atoms with Crippen LogP contribution in [0.1, 0.15) is 40.7 Å². The highest BCUT2D eigenvalue weighted by Gasteiger charge is 2.30. The molecule has 1 aromatic carbocycles. The van der Waals surface area contributed by atoms with Gasteiger partial charge in [-0.1, -0.05) is 24.1 Å². The Balaban J connectivity index is 1.23. The molecule has 0 aromatic heterocycles. The van der Waals surface area contributed by atoms with Gasteiger partial charge in [0.2, 0.25) is 5.91 Å². The van der Waals surface area contributed by atoms with Gasteiger partial charge in [-0.15, -0.1) is 0 Å². The smallest absolute Gasteiger partial charge is 0.254 e. The first kappa shape index (κ1) is 20.4. The molecule has 0 atom stereocenters. The molecule has 158 valence electrons. The summed E-state index contributed by atoms with van der Waals surface area (Å²) in [5.74, 6) is 0.358. The Hall–Kier alpha value is -1.92. The molecule has 0 unspecified atom stereocenters. The summed E-state index contributed by atoms with van der Waals surface area (Å²) in [6.07, 6.45) is 4.03. The first-order chi connectivity index (χ1) is 14.0. The molecule has 2 saturated heterocycles. The lowest BCUT2D eigenvalue weighted by Crippen LogP contribution is -2.56. The molecule has 1 saturated carbocycles. The fourth-order valence-electron chi connectivity index (χ4n) is 4.63. The van der Waals surface area contributed by atoms with Gasteiger partial charge in [0, 0.05) is 64.0 Å². The molecule has 0 bridgehead atoms. The lowest BCUT2D eigenvalue weighted by Gasteiger charge is -2.43. The Morgan fingerprint density at radius 2 is 1.55 bits per heavy atom. The summed E-state index contributed by atoms with van der Waals surface area (Å²) in [5.41, 5.74) is 2.94. The number of piperazine rings is 2. The second kappa shape index (κ2) is 8.84. The Morgan fingerprint density at radius 3 is 2.17 bits per heavy atom. The van der Waals surface area contributed by atoms with Crippen molar-refractivity contribution in [3.8, 4) is 0 Å². The van der Waals surface area contributed by atoms with Gasteiger partial charge in [-0.25, -0.2) is 0 Å². The first-order valence-corrected chi connectivity index (χ1v) is 11.1. The van der Waals surface area contributed by atoms with Crippen LogP contribution in [0.25, 0.3) is 0 Å². The zero-order valence-electron chi connectivity index (χ0n) is 17.9. The van der Waals surface area contributed by atoms with Crippen molar-refractivity contribution in [3.63, 3.8) is 0 Å². The lowest BCUT2D eigenvalue weighted by atomic mass is 9.91. The third-order valence-electron chi connectivity index (χ3n) is 6.90. The summed E-state index contributed by atoms with van der Waals surface area (Å²) in [5, 5.41) is 0. The van der Waals surface area contributed by atoms with E-state index in [2.05, 4.69) is 9.80 Å². The number of rotatable bonds is 4. The number of hydrogen-bond acceptors (Lipinski definition) is 4. The van der Waals surface area contributed by atoms with Crippen LogP contribution in [0.3, 0.4) is 0 Å². The minimum Gasteiger partial charge on any atom is -0.339 e. The molecule has 1 aromatic rings. The molecule has 3 aliphatic rings. The van der Waals surface area contributed by atoms with Gasteiger partial charge in [-0.3, -0.25) is 19.4 Å². The van der Waals surface area contributed by atoms with E-state index in [9.17, 15) is 9.59 Å². The monoisotopic (exact) mass is 398 g/mol. The second-order valence-electron chi connectivity index (χ2n) is 8.89. The van der Waals surface area contributed by atoms with Gasteiger partial charge in [0.05, 0.1) is 6.54 Å². The molecule has 29 heavy (non-hydrogen) atoms. The van der Waals surface area contributed by atoms with Gasteiger partial charge in [0.15, 0.2) is 0 Å². The highest BCUT2D eigenvalue weighted by molar-refractivity contribution is 5.96. The fraction of sp³-hybridized carbons (Fsp3) is 0.652. The van der Waals surface area contributed by atoms with Gasteiger partial charge in [-0.05, 0) is 38.3 Å². The molecule has 0 spiro atoms. The minimum atomic E-state index is 0.115. The predicted octanol–water partition coefficient (Wildman–Crippen LogP) is 1.76. The summed E-state index contributed by atoms with van der Waals surface area (Å²) in [6.45, 7) is 11.2. The quantitative estimate of drug-likeness (QED) is 0.775. The van der Waals surface area contributed by atoms with E-state index in [1.54, 1.807) is 0 Å². The number of carbonyl (C=O) groups is 2. The van der Waals surface area contributed by atoms with E-state index in [0.717, 1.165) is 62.0 Å². The molecule has 3 fully saturated rings. The number of aryl methyl sites for hydroxylation is 2. The van der Waals surface area contributed by atoms with Gasteiger partial charge in [0.1, 0.15) is 0 Å². The Labute approximate surface area is 174 Å². The van der Waals surface area contributed by atoms with Crippen LogP contribution in [0.4, 0.5) is 0 Å². The highest BCUT2D eigenvalue weighted by atomic mass is 16.2. The normalized spacial score (nSPS) is 21.9. The molecule has 2 heterocycles. The summed E-state index contributed by atoms with van der Waals surface area (Å²) in [4.78, 5) is 34.3. The summed E-state index contributed by atoms with van der Waals surface area (Å²) in [6, 6.07) is 6.82. The van der Waals surface area contributed by atoms with Crippen LogP contribution in [0.15, 0.2) is 18.2 Å². The van der Waals surface area contributed by atoms with E-state index in [4.69, 9.17) is 0 Å². The van der Waals surface area contributed by atoms with Crippen LogP contribution < -0.4 is 0 Å². The zero-order chi connectivity index (χ0) is 20.4. The third kappa shape index (κ3) is 4.64. The Kier molecular flexibility index (Phi) is 6.20. The van der Waals surface area contributed by atoms with Gasteiger partial charge in [0.25, 0.3) is 5.91 Å². The summed E-state index contributed by atoms with van der Waals surface area (Å²) < 4.78 is 0. The Morgan fingerprint density at radius 1 is 0.897 bits per heavy atom. The lowest BCUT2D eigenvalue weighted by molar-refractivity contribution is -0.135. The molecule has 6 nitrogen and oxygen atoms in total. The fourth-order valence-corrected chi connectivity index (χ4v) is 4.63. The summed E-state index contributed by atoms with van der Waals surface area (Å²) >= 11 is 0. The van der Waals surface area contributed by atoms with Crippen LogP contribution >= 0.6 is 0 Å². The first-order valence-electron chi connectivity index (χ1n) is 11.1. The number of nitrogens with zero attached hydrogens (tertiary/aromatic N) is 4. The average molecular weight is 399 g/mol. The molecular weight excluding hydrogens is 364 g/mol. The van der Waals surface area contributed by atoms with E-state index < -0.39 is 0 Å². The molecule has 1 aliphatic carbocycles. The summed E-state index contributed by atoms with van der Waals surface area (Å²) in [7, 11) is 0. The molecule has 0 radical (unpaired) electrons. The molecule has 4 rings (SSSR count). The van der Waals surface area contributed by atoms with E-state index in [-0.39, 0.29) is 11.8 Å². The zero-order valence-corrected chi connectivity index (χ0v) is 17.9. The van der Waals surface area contributed by atoms with E-state index in [1.165, 1.54) is 19.3 Å². The van der Waals surface area contributed by atoms with Gasteiger partial charge >= 0.3 is 0 Å². The van der Waals surface area contributed by atoms with Crippen molar-refractivity contribution < 1.29 is 9.59 Å². The maximum atomic E-state index is 12.9. The molecule has 2 aliphatic heterocycles. The van der Waals surface area contributed by atoms with Crippen LogP contribution in [0.2, 0.25) is 0 Å². The van der Waals surface area contributed by atoms with Crippen molar-refractivity contribution >= 4 is 11.8 Å². The topological polar surface area (TPSA) is 47.1 Å². The largest absolute Gasteiger partial charge is 0.339 e. The van der Waals surface area contributed by atoms with Crippen molar-refractivity contribution in [3.05, 3.63) is 34.9 Å². The van der Waals surface area contributed by atoms with Crippen molar-refractivity contribution in [2.45, 2.75) is 39.2 Å². The van der Waals surface area contributed by atoms with E-state index in [1.807, 2.05) is 41.8 Å². The molecule has 2 amide bonds. The maximum Gasteiger partial charge on any atom is 0.254 e. The van der Waals surface area contributed by atoms with Gasteiger partial charge in [-0.2, -0.15) is 0 Å². The molecule has 6 heteroatoms. The highest BCUT2D eigenvalue weighted by Crippen LogP contribution is 2.25. The van der Waals surface area contributed by atoms with Crippen molar-refractivity contribution in [1.82, 2.24) is 19.6 Å². The van der Waals surface area contributed by atoms with Gasteiger partial charge < -0.3 is 9.80 Å². The van der Waals surface area contributed by atoms with Crippen molar-refractivity contribution in [2.75, 3.05) is 58.9 Å². The standard InChI is InChI=1S/C23H34N4O2/c1-18-6-7-19(2)21(16-18)23(29)27-10-8-24(9-11-27)17-22(28)26-14-12-25(13-15-26)20-4-3-5-20/h6-7,16,20H,3-5,8-15,17H2,1-2H3.